The van der Waals surface area contributed by atoms with Crippen LogP contribution in [0, 0.1) is 0 Å². The number of rotatable bonds is 6. The predicted molar refractivity (Wildman–Crippen MR) is 114 cm³/mol. The van der Waals surface area contributed by atoms with Gasteiger partial charge in [-0.15, -0.1) is 17.9 Å². The van der Waals surface area contributed by atoms with Crippen LogP contribution >= 0.6 is 23.1 Å². The summed E-state index contributed by atoms with van der Waals surface area (Å²) >= 11 is 2.79. The molecule has 0 spiro atoms. The zero-order valence-electron chi connectivity index (χ0n) is 15.5. The number of aromatic nitrogens is 2. The van der Waals surface area contributed by atoms with Crippen molar-refractivity contribution in [1.82, 2.24) is 14.5 Å². The molecule has 2 heterocycles. The number of fused-ring (bicyclic) bond motifs is 1. The normalized spacial score (nSPS) is 12.1. The van der Waals surface area contributed by atoms with E-state index in [1.807, 2.05) is 43.3 Å². The molecule has 2 aromatic heterocycles. The number of carbonyl (C=O) groups excluding carboxylic acids is 1. The van der Waals surface area contributed by atoms with Gasteiger partial charge >= 0.3 is 0 Å². The van der Waals surface area contributed by atoms with Crippen LogP contribution in [0.3, 0.4) is 0 Å². The number of hydrogen-bond donors (Lipinski definition) is 0. The topological polar surface area (TPSA) is 55.2 Å². The van der Waals surface area contributed by atoms with E-state index in [2.05, 4.69) is 6.58 Å². The Balaban J connectivity index is 2.10. The molecule has 7 heteroatoms. The molecule has 0 saturated heterocycles. The second-order valence-electron chi connectivity index (χ2n) is 6.29. The first-order chi connectivity index (χ1) is 12.9. The number of carbonyl (C=O) groups is 1. The van der Waals surface area contributed by atoms with Gasteiger partial charge in [-0.05, 0) is 18.6 Å². The second kappa shape index (κ2) is 8.10. The average molecular weight is 400 g/mol. The Hall–Kier alpha value is -2.38. The van der Waals surface area contributed by atoms with Crippen LogP contribution in [0.4, 0.5) is 0 Å². The van der Waals surface area contributed by atoms with Gasteiger partial charge in [0.05, 0.1) is 10.6 Å². The van der Waals surface area contributed by atoms with E-state index in [1.165, 1.54) is 23.1 Å². The molecule has 0 aliphatic heterocycles. The van der Waals surface area contributed by atoms with Crippen molar-refractivity contribution in [2.75, 3.05) is 14.1 Å². The minimum Gasteiger partial charge on any atom is -0.348 e. The summed E-state index contributed by atoms with van der Waals surface area (Å²) in [6.07, 6.45) is 1.67. The summed E-state index contributed by atoms with van der Waals surface area (Å²) in [4.78, 5) is 33.2. The van der Waals surface area contributed by atoms with Crippen molar-refractivity contribution in [2.24, 2.45) is 0 Å². The predicted octanol–water partition coefficient (Wildman–Crippen LogP) is 3.88. The highest BCUT2D eigenvalue weighted by atomic mass is 32.2. The molecule has 0 N–H and O–H groups in total. The number of thioether (sulfide) groups is 1. The molecule has 0 radical (unpaired) electrons. The number of nitrogens with zero attached hydrogens (tertiary/aromatic N) is 3. The lowest BCUT2D eigenvalue weighted by Gasteiger charge is -2.17. The number of hydrogen-bond acceptors (Lipinski definition) is 5. The highest BCUT2D eigenvalue weighted by Gasteiger charge is 2.21. The van der Waals surface area contributed by atoms with E-state index in [-0.39, 0.29) is 16.7 Å². The summed E-state index contributed by atoms with van der Waals surface area (Å²) in [7, 11) is 3.44. The van der Waals surface area contributed by atoms with Gasteiger partial charge in [0.2, 0.25) is 5.91 Å². The molecule has 0 aliphatic rings. The molecular formula is C20H21N3O2S2. The molecule has 3 rings (SSSR count). The SMILES string of the molecule is C=CCn1c(S[C@H](C)C(=O)N(C)C)nc2sc(-c3ccccc3)cc2c1=O. The van der Waals surface area contributed by atoms with Gasteiger partial charge in [-0.25, -0.2) is 4.98 Å². The quantitative estimate of drug-likeness (QED) is 0.359. The van der Waals surface area contributed by atoms with Crippen molar-refractivity contribution in [3.63, 3.8) is 0 Å². The third-order valence-electron chi connectivity index (χ3n) is 4.06. The molecule has 0 fully saturated rings. The Morgan fingerprint density at radius 2 is 2.07 bits per heavy atom. The molecule has 0 unspecified atom stereocenters. The van der Waals surface area contributed by atoms with Gasteiger partial charge < -0.3 is 4.90 Å². The van der Waals surface area contributed by atoms with E-state index < -0.39 is 0 Å². The fourth-order valence-corrected chi connectivity index (χ4v) is 4.84. The maximum atomic E-state index is 13.0. The summed E-state index contributed by atoms with van der Waals surface area (Å²) in [6, 6.07) is 11.8. The van der Waals surface area contributed by atoms with E-state index in [4.69, 9.17) is 4.98 Å². The minimum atomic E-state index is -0.339. The molecule has 1 aromatic carbocycles. The van der Waals surface area contributed by atoms with Crippen molar-refractivity contribution in [2.45, 2.75) is 23.9 Å². The highest BCUT2D eigenvalue weighted by molar-refractivity contribution is 8.00. The molecule has 140 valence electrons. The van der Waals surface area contributed by atoms with Crippen LogP contribution in [0.15, 0.2) is 59.0 Å². The van der Waals surface area contributed by atoms with Gasteiger partial charge in [-0.1, -0.05) is 48.2 Å². The molecule has 27 heavy (non-hydrogen) atoms. The van der Waals surface area contributed by atoms with E-state index in [0.717, 1.165) is 10.4 Å². The van der Waals surface area contributed by atoms with Crippen molar-refractivity contribution < 1.29 is 4.79 Å². The Morgan fingerprint density at radius 3 is 2.70 bits per heavy atom. The zero-order chi connectivity index (χ0) is 19.6. The summed E-state index contributed by atoms with van der Waals surface area (Å²) in [5, 5.41) is 0.794. The van der Waals surface area contributed by atoms with Crippen molar-refractivity contribution in [3.05, 3.63) is 59.4 Å². The fourth-order valence-electron chi connectivity index (χ4n) is 2.69. The van der Waals surface area contributed by atoms with Crippen LogP contribution in [-0.2, 0) is 11.3 Å². The largest absolute Gasteiger partial charge is 0.348 e. The standard InChI is InChI=1S/C20H21N3O2S2/c1-5-11-23-19(25)15-12-16(14-9-7-6-8-10-14)27-17(15)21-20(23)26-13(2)18(24)22(3)4/h5-10,12-13H,1,11H2,2-4H3/t13-/m1/s1. The number of thiophene rings is 1. The van der Waals surface area contributed by atoms with Crippen molar-refractivity contribution >= 4 is 39.2 Å². The molecule has 3 aromatic rings. The van der Waals surface area contributed by atoms with E-state index in [0.29, 0.717) is 21.9 Å². The monoisotopic (exact) mass is 399 g/mol. The van der Waals surface area contributed by atoms with Gasteiger partial charge in [0.25, 0.3) is 5.56 Å². The molecule has 1 amide bonds. The first kappa shape index (κ1) is 19.4. The summed E-state index contributed by atoms with van der Waals surface area (Å²) in [5.74, 6) is -0.0179. The van der Waals surface area contributed by atoms with Crippen LogP contribution in [0.5, 0.6) is 0 Å². The maximum absolute atomic E-state index is 13.0. The van der Waals surface area contributed by atoms with Crippen molar-refractivity contribution in [1.29, 1.82) is 0 Å². The third kappa shape index (κ3) is 3.99. The first-order valence-corrected chi connectivity index (χ1v) is 10.2. The summed E-state index contributed by atoms with van der Waals surface area (Å²) < 4.78 is 1.58. The van der Waals surface area contributed by atoms with E-state index in [1.54, 1.807) is 29.6 Å². The van der Waals surface area contributed by atoms with E-state index in [9.17, 15) is 9.59 Å². The zero-order valence-corrected chi connectivity index (χ0v) is 17.1. The van der Waals surface area contributed by atoms with E-state index >= 15 is 0 Å². The van der Waals surface area contributed by atoms with Crippen LogP contribution in [0.2, 0.25) is 0 Å². The Bertz CT molecular complexity index is 1040. The Kier molecular flexibility index (Phi) is 5.82. The van der Waals surface area contributed by atoms with Gasteiger partial charge in [-0.3, -0.25) is 14.2 Å². The number of benzene rings is 1. The fraction of sp³-hybridized carbons (Fsp3) is 0.250. The van der Waals surface area contributed by atoms with Gasteiger partial charge in [0, 0.05) is 25.5 Å². The molecule has 5 nitrogen and oxygen atoms in total. The lowest BCUT2D eigenvalue weighted by atomic mass is 10.2. The van der Waals surface area contributed by atoms with Gasteiger partial charge in [0.1, 0.15) is 4.83 Å². The van der Waals surface area contributed by atoms with Gasteiger partial charge in [-0.2, -0.15) is 0 Å². The molecule has 1 atom stereocenters. The summed E-state index contributed by atoms with van der Waals surface area (Å²) in [6.45, 7) is 5.92. The lowest BCUT2D eigenvalue weighted by molar-refractivity contribution is -0.127. The van der Waals surface area contributed by atoms with Crippen LogP contribution in [-0.4, -0.2) is 39.7 Å². The first-order valence-electron chi connectivity index (χ1n) is 8.51. The smallest absolute Gasteiger partial charge is 0.263 e. The Morgan fingerprint density at radius 1 is 1.37 bits per heavy atom. The summed E-state index contributed by atoms with van der Waals surface area (Å²) in [5.41, 5.74) is 0.950. The highest BCUT2D eigenvalue weighted by Crippen LogP contribution is 2.32. The molecular weight excluding hydrogens is 378 g/mol. The third-order valence-corrected chi connectivity index (χ3v) is 6.21. The number of allylic oxidation sites excluding steroid dienone is 1. The van der Waals surface area contributed by atoms with Crippen LogP contribution in [0.1, 0.15) is 6.92 Å². The molecule has 0 bridgehead atoms. The average Bonchev–Trinajstić information content (AvgIpc) is 3.09. The van der Waals surface area contributed by atoms with Gasteiger partial charge in [0.15, 0.2) is 5.16 Å². The molecule has 0 saturated carbocycles. The van der Waals surface area contributed by atoms with Crippen LogP contribution in [0.25, 0.3) is 20.7 Å². The van der Waals surface area contributed by atoms with Crippen molar-refractivity contribution in [3.8, 4) is 10.4 Å². The molecule has 0 aliphatic carbocycles. The maximum Gasteiger partial charge on any atom is 0.263 e. The lowest BCUT2D eigenvalue weighted by Crippen LogP contribution is -2.31. The Labute approximate surface area is 166 Å². The minimum absolute atomic E-state index is 0.0179. The second-order valence-corrected chi connectivity index (χ2v) is 8.63. The van der Waals surface area contributed by atoms with Crippen LogP contribution < -0.4 is 5.56 Å². The number of amides is 1.